The molecule has 0 aromatic heterocycles. The summed E-state index contributed by atoms with van der Waals surface area (Å²) in [6.45, 7) is 5.83. The van der Waals surface area contributed by atoms with E-state index >= 15 is 0 Å². The quantitative estimate of drug-likeness (QED) is 0.358. The van der Waals surface area contributed by atoms with Gasteiger partial charge in [-0.1, -0.05) is 30.3 Å². The number of methoxy groups -OCH3 is 1. The first-order chi connectivity index (χ1) is 12.2. The number of likely N-dealkylation sites (N-methyl/N-ethyl adjacent to an activating group) is 1. The van der Waals surface area contributed by atoms with Crippen LogP contribution in [0.15, 0.2) is 35.3 Å². The number of rotatable bonds is 8. The molecule has 1 aliphatic heterocycles. The smallest absolute Gasteiger partial charge is 0.193 e. The fourth-order valence-corrected chi connectivity index (χ4v) is 3.35. The fraction of sp³-hybridized carbons (Fsp3) is 0.650. The van der Waals surface area contributed by atoms with Crippen LogP contribution >= 0.6 is 24.0 Å². The summed E-state index contributed by atoms with van der Waals surface area (Å²) in [5, 5.41) is 3.50. The zero-order chi connectivity index (χ0) is 17.9. The van der Waals surface area contributed by atoms with Gasteiger partial charge in [0.05, 0.1) is 6.61 Å². The van der Waals surface area contributed by atoms with Gasteiger partial charge in [-0.3, -0.25) is 4.99 Å². The Hall–Kier alpha value is -0.860. The predicted octanol–water partition coefficient (Wildman–Crippen LogP) is 2.71. The number of aliphatic imine (C=N–C) groups is 1. The van der Waals surface area contributed by atoms with Crippen molar-refractivity contribution in [3.8, 4) is 0 Å². The zero-order valence-corrected chi connectivity index (χ0v) is 18.8. The second kappa shape index (κ2) is 13.3. The van der Waals surface area contributed by atoms with Crippen LogP contribution in [0.25, 0.3) is 0 Å². The molecular weight excluding hydrogens is 439 g/mol. The third kappa shape index (κ3) is 8.22. The van der Waals surface area contributed by atoms with E-state index < -0.39 is 0 Å². The molecule has 1 heterocycles. The summed E-state index contributed by atoms with van der Waals surface area (Å²) in [7, 11) is 5.75. The summed E-state index contributed by atoms with van der Waals surface area (Å²) in [6.07, 6.45) is 3.68. The monoisotopic (exact) mass is 474 g/mol. The van der Waals surface area contributed by atoms with E-state index in [2.05, 4.69) is 57.5 Å². The number of hydrogen-bond acceptors (Lipinski definition) is 3. The van der Waals surface area contributed by atoms with Crippen molar-refractivity contribution in [2.24, 2.45) is 10.9 Å². The van der Waals surface area contributed by atoms with Gasteiger partial charge in [-0.2, -0.15) is 0 Å². The van der Waals surface area contributed by atoms with E-state index in [0.717, 1.165) is 51.2 Å². The van der Waals surface area contributed by atoms with E-state index in [9.17, 15) is 0 Å². The molecule has 1 aromatic carbocycles. The van der Waals surface area contributed by atoms with Crippen LogP contribution < -0.4 is 5.32 Å². The molecule has 5 nitrogen and oxygen atoms in total. The zero-order valence-electron chi connectivity index (χ0n) is 16.5. The number of nitrogens with one attached hydrogen (secondary N) is 1. The first-order valence-corrected chi connectivity index (χ1v) is 9.40. The molecule has 0 spiro atoms. The van der Waals surface area contributed by atoms with Crippen molar-refractivity contribution < 1.29 is 4.74 Å². The van der Waals surface area contributed by atoms with Crippen LogP contribution in [-0.4, -0.2) is 76.3 Å². The summed E-state index contributed by atoms with van der Waals surface area (Å²) >= 11 is 0. The highest BCUT2D eigenvalue weighted by molar-refractivity contribution is 14.0. The molecule has 0 aliphatic carbocycles. The van der Waals surface area contributed by atoms with Gasteiger partial charge in [0.25, 0.3) is 0 Å². The number of ether oxygens (including phenoxy) is 1. The Balaban J connectivity index is 0.00000338. The van der Waals surface area contributed by atoms with Gasteiger partial charge in [-0.15, -0.1) is 24.0 Å². The normalized spacial score (nSPS) is 15.8. The van der Waals surface area contributed by atoms with Gasteiger partial charge in [0, 0.05) is 46.9 Å². The molecule has 1 fully saturated rings. The van der Waals surface area contributed by atoms with Crippen LogP contribution in [-0.2, 0) is 11.2 Å². The summed E-state index contributed by atoms with van der Waals surface area (Å²) in [6, 6.07) is 10.9. The van der Waals surface area contributed by atoms with E-state index in [4.69, 9.17) is 4.74 Å². The summed E-state index contributed by atoms with van der Waals surface area (Å²) in [4.78, 5) is 9.14. The largest absolute Gasteiger partial charge is 0.383 e. The van der Waals surface area contributed by atoms with Gasteiger partial charge < -0.3 is 19.9 Å². The number of likely N-dealkylation sites (tertiary alicyclic amines) is 1. The lowest BCUT2D eigenvalue weighted by atomic mass is 9.90. The molecule has 0 unspecified atom stereocenters. The van der Waals surface area contributed by atoms with Crippen molar-refractivity contribution in [2.75, 3.05) is 60.5 Å². The third-order valence-corrected chi connectivity index (χ3v) is 4.95. The number of guanidine groups is 1. The lowest BCUT2D eigenvalue weighted by Crippen LogP contribution is -2.47. The maximum absolute atomic E-state index is 5.11. The highest BCUT2D eigenvalue weighted by Gasteiger charge is 2.21. The van der Waals surface area contributed by atoms with Gasteiger partial charge in [0.15, 0.2) is 5.96 Å². The molecule has 2 rings (SSSR count). The standard InChI is InChI=1S/C20H34N4O.HI/c1-21-20(22-11-14-23(2)15-16-25-3)24-12-9-19(10-13-24)17-18-7-5-4-6-8-18;/h4-8,19H,9-17H2,1-3H3,(H,21,22);1H. The van der Waals surface area contributed by atoms with Crippen molar-refractivity contribution >= 4 is 29.9 Å². The minimum Gasteiger partial charge on any atom is -0.383 e. The van der Waals surface area contributed by atoms with Crippen LogP contribution in [0.1, 0.15) is 18.4 Å². The van der Waals surface area contributed by atoms with Crippen molar-refractivity contribution in [3.05, 3.63) is 35.9 Å². The van der Waals surface area contributed by atoms with Crippen LogP contribution in [0.2, 0.25) is 0 Å². The minimum atomic E-state index is 0. The molecule has 1 saturated heterocycles. The lowest BCUT2D eigenvalue weighted by Gasteiger charge is -2.34. The topological polar surface area (TPSA) is 40.1 Å². The SMILES string of the molecule is CN=C(NCCN(C)CCOC)N1CCC(Cc2ccccc2)CC1.I. The first-order valence-electron chi connectivity index (χ1n) is 9.40. The Morgan fingerprint density at radius 2 is 1.92 bits per heavy atom. The van der Waals surface area contributed by atoms with E-state index in [1.165, 1.54) is 24.8 Å². The van der Waals surface area contributed by atoms with E-state index in [1.807, 2.05) is 7.05 Å². The minimum absolute atomic E-state index is 0. The molecular formula is C20H35IN4O. The van der Waals surface area contributed by atoms with E-state index in [0.29, 0.717) is 0 Å². The number of nitrogens with zero attached hydrogens (tertiary/aromatic N) is 3. The number of halogens is 1. The van der Waals surface area contributed by atoms with Gasteiger partial charge >= 0.3 is 0 Å². The number of hydrogen-bond donors (Lipinski definition) is 1. The highest BCUT2D eigenvalue weighted by atomic mass is 127. The summed E-state index contributed by atoms with van der Waals surface area (Å²) in [5.41, 5.74) is 1.46. The van der Waals surface area contributed by atoms with Crippen molar-refractivity contribution in [3.63, 3.8) is 0 Å². The van der Waals surface area contributed by atoms with Gasteiger partial charge in [0.2, 0.25) is 0 Å². The molecule has 0 saturated carbocycles. The molecule has 0 bridgehead atoms. The van der Waals surface area contributed by atoms with Crippen molar-refractivity contribution in [2.45, 2.75) is 19.3 Å². The highest BCUT2D eigenvalue weighted by Crippen LogP contribution is 2.21. The van der Waals surface area contributed by atoms with E-state index in [-0.39, 0.29) is 24.0 Å². The van der Waals surface area contributed by atoms with Crippen LogP contribution in [0.3, 0.4) is 0 Å². The lowest BCUT2D eigenvalue weighted by molar-refractivity contribution is 0.162. The maximum atomic E-state index is 5.11. The number of benzene rings is 1. The van der Waals surface area contributed by atoms with Gasteiger partial charge in [-0.25, -0.2) is 0 Å². The second-order valence-corrected chi connectivity index (χ2v) is 6.89. The van der Waals surface area contributed by atoms with E-state index in [1.54, 1.807) is 7.11 Å². The summed E-state index contributed by atoms with van der Waals surface area (Å²) in [5.74, 6) is 1.83. The Morgan fingerprint density at radius 3 is 2.54 bits per heavy atom. The number of piperidine rings is 1. The van der Waals surface area contributed by atoms with Crippen LogP contribution in [0.4, 0.5) is 0 Å². The summed E-state index contributed by atoms with van der Waals surface area (Å²) < 4.78 is 5.11. The molecule has 6 heteroatoms. The average Bonchev–Trinajstić information content (AvgIpc) is 2.65. The van der Waals surface area contributed by atoms with Gasteiger partial charge in [-0.05, 0) is 37.8 Å². The maximum Gasteiger partial charge on any atom is 0.193 e. The molecule has 0 amide bonds. The fourth-order valence-electron chi connectivity index (χ4n) is 3.35. The molecule has 1 aliphatic rings. The second-order valence-electron chi connectivity index (χ2n) is 6.89. The van der Waals surface area contributed by atoms with Crippen LogP contribution in [0, 0.1) is 5.92 Å². The van der Waals surface area contributed by atoms with Crippen molar-refractivity contribution in [1.82, 2.24) is 15.1 Å². The molecule has 26 heavy (non-hydrogen) atoms. The Labute approximate surface area is 176 Å². The molecule has 0 atom stereocenters. The van der Waals surface area contributed by atoms with Crippen LogP contribution in [0.5, 0.6) is 0 Å². The Bertz CT molecular complexity index is 504. The molecule has 1 N–H and O–H groups in total. The predicted molar refractivity (Wildman–Crippen MR) is 121 cm³/mol. The molecule has 148 valence electrons. The average molecular weight is 474 g/mol. The third-order valence-electron chi connectivity index (χ3n) is 4.95. The Kier molecular flexibility index (Phi) is 11.9. The molecule has 1 aromatic rings. The molecule has 0 radical (unpaired) electrons. The first kappa shape index (κ1) is 23.2. The Morgan fingerprint density at radius 1 is 1.23 bits per heavy atom. The van der Waals surface area contributed by atoms with Gasteiger partial charge in [0.1, 0.15) is 0 Å². The van der Waals surface area contributed by atoms with Crippen molar-refractivity contribution in [1.29, 1.82) is 0 Å².